The zero-order valence-electron chi connectivity index (χ0n) is 17.8. The number of piperidine rings is 1. The molecular formula is C22H26N6O2S. The fraction of sp³-hybridized carbons (Fsp3) is 0.455. The molecule has 9 heteroatoms. The molecule has 0 radical (unpaired) electrons. The van der Waals surface area contributed by atoms with E-state index in [1.807, 2.05) is 53.9 Å². The summed E-state index contributed by atoms with van der Waals surface area (Å²) in [6.07, 6.45) is 5.32. The number of amides is 1. The van der Waals surface area contributed by atoms with Crippen molar-refractivity contribution in [3.63, 3.8) is 0 Å². The first kappa shape index (κ1) is 20.1. The summed E-state index contributed by atoms with van der Waals surface area (Å²) in [7, 11) is 1.94. The summed E-state index contributed by atoms with van der Waals surface area (Å²) < 4.78 is 8.19. The van der Waals surface area contributed by atoms with Crippen LogP contribution < -0.4 is 4.90 Å². The number of imidazole rings is 1. The van der Waals surface area contributed by atoms with Gasteiger partial charge in [0, 0.05) is 50.5 Å². The highest BCUT2D eigenvalue weighted by Gasteiger charge is 2.41. The molecule has 5 heterocycles. The third-order valence-electron chi connectivity index (χ3n) is 6.19. The molecule has 31 heavy (non-hydrogen) atoms. The summed E-state index contributed by atoms with van der Waals surface area (Å²) in [4.78, 5) is 23.3. The van der Waals surface area contributed by atoms with Gasteiger partial charge in [0.25, 0.3) is 5.91 Å². The number of likely N-dealkylation sites (tertiary alicyclic amines) is 1. The number of thiophene rings is 1. The minimum Gasteiger partial charge on any atom is -0.371 e. The molecule has 1 spiro atoms. The summed E-state index contributed by atoms with van der Waals surface area (Å²) in [6.45, 7) is 5.67. The Balaban J connectivity index is 1.24. The van der Waals surface area contributed by atoms with Gasteiger partial charge in [-0.2, -0.15) is 0 Å². The molecule has 2 saturated heterocycles. The second kappa shape index (κ2) is 8.05. The highest BCUT2D eigenvalue weighted by molar-refractivity contribution is 7.13. The number of ether oxygens (including phenoxy) is 1. The number of morpholine rings is 1. The molecule has 0 atom stereocenters. The van der Waals surface area contributed by atoms with Crippen molar-refractivity contribution >= 4 is 23.1 Å². The van der Waals surface area contributed by atoms with Crippen LogP contribution in [0.25, 0.3) is 11.5 Å². The Bertz CT molecular complexity index is 1070. The van der Waals surface area contributed by atoms with E-state index in [0.29, 0.717) is 19.7 Å². The number of carbonyl (C=O) groups is 1. The van der Waals surface area contributed by atoms with Crippen LogP contribution in [0.5, 0.6) is 0 Å². The second-order valence-electron chi connectivity index (χ2n) is 8.29. The average Bonchev–Trinajstić information content (AvgIpc) is 3.42. The minimum atomic E-state index is -0.236. The molecule has 0 saturated carbocycles. The number of anilines is 1. The third kappa shape index (κ3) is 3.95. The van der Waals surface area contributed by atoms with Gasteiger partial charge in [-0.05, 0) is 44.0 Å². The van der Waals surface area contributed by atoms with E-state index >= 15 is 0 Å². The molecule has 0 unspecified atom stereocenters. The summed E-state index contributed by atoms with van der Waals surface area (Å²) in [6, 6.07) is 7.91. The van der Waals surface area contributed by atoms with Crippen molar-refractivity contribution in [1.29, 1.82) is 0 Å². The average molecular weight is 439 g/mol. The second-order valence-corrected chi connectivity index (χ2v) is 9.58. The lowest BCUT2D eigenvalue weighted by Gasteiger charge is -2.47. The quantitative estimate of drug-likeness (QED) is 0.626. The van der Waals surface area contributed by atoms with E-state index in [9.17, 15) is 4.79 Å². The highest BCUT2D eigenvalue weighted by Crippen LogP contribution is 2.33. The normalized spacial score (nSPS) is 18.5. The van der Waals surface area contributed by atoms with Gasteiger partial charge in [-0.1, -0.05) is 0 Å². The van der Waals surface area contributed by atoms with E-state index < -0.39 is 0 Å². The molecule has 3 aromatic heterocycles. The van der Waals surface area contributed by atoms with Gasteiger partial charge < -0.3 is 19.1 Å². The molecule has 0 aromatic carbocycles. The zero-order valence-corrected chi connectivity index (χ0v) is 18.6. The van der Waals surface area contributed by atoms with E-state index in [1.165, 1.54) is 0 Å². The van der Waals surface area contributed by atoms with Gasteiger partial charge in [0.2, 0.25) is 0 Å². The predicted octanol–water partition coefficient (Wildman–Crippen LogP) is 2.76. The molecule has 0 N–H and O–H groups in total. The molecule has 2 aliphatic rings. The topological polar surface area (TPSA) is 76.4 Å². The van der Waals surface area contributed by atoms with Gasteiger partial charge in [-0.25, -0.2) is 4.98 Å². The first-order chi connectivity index (χ1) is 15.0. The van der Waals surface area contributed by atoms with Crippen LogP contribution in [-0.2, 0) is 11.8 Å². The number of rotatable bonds is 3. The molecular weight excluding hydrogens is 412 g/mol. The van der Waals surface area contributed by atoms with Crippen molar-refractivity contribution in [3.05, 3.63) is 46.4 Å². The highest BCUT2D eigenvalue weighted by atomic mass is 32.1. The summed E-state index contributed by atoms with van der Waals surface area (Å²) in [5.74, 6) is 1.79. The van der Waals surface area contributed by atoms with Crippen LogP contribution in [-0.4, -0.2) is 68.9 Å². The van der Waals surface area contributed by atoms with Crippen molar-refractivity contribution in [2.45, 2.75) is 25.4 Å². The van der Waals surface area contributed by atoms with Crippen molar-refractivity contribution in [1.82, 2.24) is 24.6 Å². The molecule has 2 aliphatic heterocycles. The van der Waals surface area contributed by atoms with Gasteiger partial charge in [0.1, 0.15) is 5.69 Å². The number of carbonyl (C=O) groups excluding carboxylic acids is 1. The summed E-state index contributed by atoms with van der Waals surface area (Å²) in [5, 5.41) is 8.86. The monoisotopic (exact) mass is 438 g/mol. The Hall–Kier alpha value is -2.78. The van der Waals surface area contributed by atoms with Crippen LogP contribution in [0.15, 0.2) is 36.7 Å². The van der Waals surface area contributed by atoms with Crippen LogP contribution in [0.4, 0.5) is 5.82 Å². The standard InChI is InChI=1S/C22H26N6O2S/c1-16-3-5-18(31-16)21(29)27-10-7-22(8-11-27)15-28(13-14-30-22)19-6-4-17(24-25-19)20-23-9-12-26(20)2/h3-6,9,12H,7-8,10-11,13-15H2,1-2H3. The molecule has 2 fully saturated rings. The van der Waals surface area contributed by atoms with Crippen LogP contribution in [0.1, 0.15) is 27.4 Å². The largest absolute Gasteiger partial charge is 0.371 e. The van der Waals surface area contributed by atoms with Crippen LogP contribution in [0.2, 0.25) is 0 Å². The van der Waals surface area contributed by atoms with Crippen molar-refractivity contribution in [2.24, 2.45) is 7.05 Å². The lowest BCUT2D eigenvalue weighted by molar-refractivity contribution is -0.0870. The first-order valence-corrected chi connectivity index (χ1v) is 11.4. The van der Waals surface area contributed by atoms with Gasteiger partial charge >= 0.3 is 0 Å². The Morgan fingerprint density at radius 3 is 2.61 bits per heavy atom. The number of aromatic nitrogens is 4. The number of hydrogen-bond donors (Lipinski definition) is 0. The van der Waals surface area contributed by atoms with Gasteiger partial charge in [0.05, 0.1) is 17.1 Å². The van der Waals surface area contributed by atoms with E-state index in [2.05, 4.69) is 20.1 Å². The third-order valence-corrected chi connectivity index (χ3v) is 7.17. The Morgan fingerprint density at radius 1 is 1.13 bits per heavy atom. The SMILES string of the molecule is Cc1ccc(C(=O)N2CCC3(CC2)CN(c2ccc(-c4nccn4C)nn2)CCO3)s1. The number of aryl methyl sites for hydroxylation is 2. The van der Waals surface area contributed by atoms with Crippen molar-refractivity contribution in [2.75, 3.05) is 37.7 Å². The van der Waals surface area contributed by atoms with Crippen LogP contribution in [0.3, 0.4) is 0 Å². The van der Waals surface area contributed by atoms with Gasteiger partial charge in [-0.15, -0.1) is 21.5 Å². The number of hydrogen-bond acceptors (Lipinski definition) is 7. The molecule has 0 bridgehead atoms. The molecule has 162 valence electrons. The lowest BCUT2D eigenvalue weighted by Crippen LogP contribution is -2.57. The van der Waals surface area contributed by atoms with Crippen LogP contribution >= 0.6 is 11.3 Å². The van der Waals surface area contributed by atoms with E-state index in [0.717, 1.165) is 53.0 Å². The summed E-state index contributed by atoms with van der Waals surface area (Å²) >= 11 is 1.56. The predicted molar refractivity (Wildman–Crippen MR) is 119 cm³/mol. The fourth-order valence-corrected chi connectivity index (χ4v) is 5.23. The molecule has 8 nitrogen and oxygen atoms in total. The Kier molecular flexibility index (Phi) is 5.23. The molecule has 1 amide bonds. The lowest BCUT2D eigenvalue weighted by atomic mass is 9.89. The molecule has 5 rings (SSSR count). The maximum atomic E-state index is 12.8. The molecule has 0 aliphatic carbocycles. The Morgan fingerprint density at radius 2 is 1.97 bits per heavy atom. The van der Waals surface area contributed by atoms with Gasteiger partial charge in [0.15, 0.2) is 11.6 Å². The van der Waals surface area contributed by atoms with E-state index in [4.69, 9.17) is 4.74 Å². The number of nitrogens with zero attached hydrogens (tertiary/aromatic N) is 6. The minimum absolute atomic E-state index is 0.136. The van der Waals surface area contributed by atoms with Gasteiger partial charge in [-0.3, -0.25) is 4.79 Å². The van der Waals surface area contributed by atoms with E-state index in [1.54, 1.807) is 17.5 Å². The van der Waals surface area contributed by atoms with E-state index in [-0.39, 0.29) is 11.5 Å². The maximum Gasteiger partial charge on any atom is 0.263 e. The smallest absolute Gasteiger partial charge is 0.263 e. The zero-order chi connectivity index (χ0) is 21.4. The fourth-order valence-electron chi connectivity index (χ4n) is 4.39. The molecule has 3 aromatic rings. The first-order valence-electron chi connectivity index (χ1n) is 10.6. The summed E-state index contributed by atoms with van der Waals surface area (Å²) in [5.41, 5.74) is 0.523. The Labute approximate surface area is 185 Å². The van der Waals surface area contributed by atoms with Crippen LogP contribution in [0, 0.1) is 6.92 Å². The van der Waals surface area contributed by atoms with Crippen molar-refractivity contribution in [3.8, 4) is 11.5 Å². The maximum absolute atomic E-state index is 12.8. The van der Waals surface area contributed by atoms with Crippen molar-refractivity contribution < 1.29 is 9.53 Å².